The van der Waals surface area contributed by atoms with E-state index in [0.29, 0.717) is 5.75 Å². The van der Waals surface area contributed by atoms with E-state index in [1.807, 2.05) is 12.1 Å². The van der Waals surface area contributed by atoms with Crippen LogP contribution in [0.25, 0.3) is 0 Å². The van der Waals surface area contributed by atoms with Crippen LogP contribution in [0.15, 0.2) is 24.3 Å². The lowest BCUT2D eigenvalue weighted by Crippen LogP contribution is -2.36. The summed E-state index contributed by atoms with van der Waals surface area (Å²) in [6.07, 6.45) is 0.851. The molecule has 0 saturated carbocycles. The van der Waals surface area contributed by atoms with Crippen LogP contribution in [0.1, 0.15) is 26.3 Å². The second kappa shape index (κ2) is 4.01. The second-order valence-corrected chi connectivity index (χ2v) is 4.84. The van der Waals surface area contributed by atoms with Crippen molar-refractivity contribution in [2.75, 3.05) is 0 Å². The Hall–Kier alpha value is -1.02. The molecular formula is C12H19NO. The summed E-state index contributed by atoms with van der Waals surface area (Å²) in [4.78, 5) is 0. The Labute approximate surface area is 85.8 Å². The maximum absolute atomic E-state index is 9.12. The van der Waals surface area contributed by atoms with Gasteiger partial charge in [0.25, 0.3) is 0 Å². The third-order valence-corrected chi connectivity index (χ3v) is 2.50. The Kier molecular flexibility index (Phi) is 3.17. The predicted octanol–water partition coefficient (Wildman–Crippen LogP) is 2.31. The zero-order valence-electron chi connectivity index (χ0n) is 9.12. The second-order valence-electron chi connectivity index (χ2n) is 4.84. The van der Waals surface area contributed by atoms with Crippen molar-refractivity contribution in [3.05, 3.63) is 29.8 Å². The summed E-state index contributed by atoms with van der Waals surface area (Å²) in [5.41, 5.74) is 7.35. The Morgan fingerprint density at radius 3 is 2.14 bits per heavy atom. The van der Waals surface area contributed by atoms with Crippen LogP contribution < -0.4 is 5.73 Å². The van der Waals surface area contributed by atoms with Crippen LogP contribution in [0.4, 0.5) is 0 Å². The summed E-state index contributed by atoms with van der Waals surface area (Å²) in [5.74, 6) is 0.304. The van der Waals surface area contributed by atoms with Gasteiger partial charge in [0.1, 0.15) is 5.75 Å². The molecule has 0 aliphatic carbocycles. The van der Waals surface area contributed by atoms with Crippen LogP contribution in [0.2, 0.25) is 0 Å². The molecule has 0 aliphatic rings. The van der Waals surface area contributed by atoms with Gasteiger partial charge in [0.15, 0.2) is 0 Å². The number of hydrogen-bond donors (Lipinski definition) is 2. The molecule has 1 aromatic rings. The molecule has 3 N–H and O–H groups in total. The Balaban J connectivity index is 2.65. The van der Waals surface area contributed by atoms with Gasteiger partial charge in [-0.2, -0.15) is 0 Å². The fourth-order valence-electron chi connectivity index (χ4n) is 1.19. The molecular weight excluding hydrogens is 174 g/mol. The molecule has 0 heterocycles. The molecule has 0 unspecified atom stereocenters. The molecule has 1 aromatic carbocycles. The van der Waals surface area contributed by atoms with Gasteiger partial charge < -0.3 is 10.8 Å². The summed E-state index contributed by atoms with van der Waals surface area (Å²) in [6, 6.07) is 7.38. The van der Waals surface area contributed by atoms with Crippen molar-refractivity contribution in [3.63, 3.8) is 0 Å². The van der Waals surface area contributed by atoms with E-state index in [1.165, 1.54) is 5.56 Å². The van der Waals surface area contributed by atoms with Crippen LogP contribution in [0.3, 0.4) is 0 Å². The number of aromatic hydroxyl groups is 1. The smallest absolute Gasteiger partial charge is 0.115 e. The highest BCUT2D eigenvalue weighted by Crippen LogP contribution is 2.21. The summed E-state index contributed by atoms with van der Waals surface area (Å²) in [7, 11) is 0. The molecule has 0 bridgehead atoms. The van der Waals surface area contributed by atoms with E-state index in [4.69, 9.17) is 10.8 Å². The lowest BCUT2D eigenvalue weighted by atomic mass is 9.84. The molecule has 78 valence electrons. The summed E-state index contributed by atoms with van der Waals surface area (Å²) >= 11 is 0. The topological polar surface area (TPSA) is 46.2 Å². The third kappa shape index (κ3) is 3.04. The number of nitrogens with two attached hydrogens (primary N) is 1. The van der Waals surface area contributed by atoms with E-state index >= 15 is 0 Å². The van der Waals surface area contributed by atoms with E-state index in [0.717, 1.165) is 6.42 Å². The summed E-state index contributed by atoms with van der Waals surface area (Å²) < 4.78 is 0. The fourth-order valence-corrected chi connectivity index (χ4v) is 1.19. The van der Waals surface area contributed by atoms with Gasteiger partial charge in [0.05, 0.1) is 0 Å². The number of benzene rings is 1. The molecule has 14 heavy (non-hydrogen) atoms. The molecule has 0 fully saturated rings. The minimum atomic E-state index is 0.123. The number of phenolic OH excluding ortho intramolecular Hbond substituents is 1. The van der Waals surface area contributed by atoms with Gasteiger partial charge in [0.2, 0.25) is 0 Å². The lowest BCUT2D eigenvalue weighted by Gasteiger charge is -2.27. The highest BCUT2D eigenvalue weighted by Gasteiger charge is 2.20. The quantitative estimate of drug-likeness (QED) is 0.757. The molecule has 0 saturated heterocycles. The van der Waals surface area contributed by atoms with E-state index in [-0.39, 0.29) is 11.5 Å². The van der Waals surface area contributed by atoms with Crippen molar-refractivity contribution in [2.24, 2.45) is 11.1 Å². The van der Waals surface area contributed by atoms with Gasteiger partial charge in [-0.05, 0) is 29.5 Å². The SMILES string of the molecule is CC(C)(C)[C@H](N)Cc1ccc(O)cc1. The van der Waals surface area contributed by atoms with Crippen LogP contribution in [0.5, 0.6) is 5.75 Å². The first kappa shape index (κ1) is 11.1. The molecule has 0 aromatic heterocycles. The van der Waals surface area contributed by atoms with Crippen molar-refractivity contribution >= 4 is 0 Å². The van der Waals surface area contributed by atoms with Crippen molar-refractivity contribution < 1.29 is 5.11 Å². The first-order chi connectivity index (χ1) is 6.39. The minimum Gasteiger partial charge on any atom is -0.508 e. The van der Waals surface area contributed by atoms with Gasteiger partial charge in [-0.15, -0.1) is 0 Å². The zero-order chi connectivity index (χ0) is 10.8. The minimum absolute atomic E-state index is 0.123. The molecule has 0 aliphatic heterocycles. The molecule has 0 radical (unpaired) electrons. The van der Waals surface area contributed by atoms with E-state index in [1.54, 1.807) is 12.1 Å². The van der Waals surface area contributed by atoms with Crippen molar-refractivity contribution in [1.29, 1.82) is 0 Å². The van der Waals surface area contributed by atoms with Gasteiger partial charge in [0, 0.05) is 6.04 Å². The molecule has 0 spiro atoms. The van der Waals surface area contributed by atoms with E-state index in [2.05, 4.69) is 20.8 Å². The van der Waals surface area contributed by atoms with Crippen LogP contribution >= 0.6 is 0 Å². The van der Waals surface area contributed by atoms with Crippen molar-refractivity contribution in [3.8, 4) is 5.75 Å². The van der Waals surface area contributed by atoms with Crippen molar-refractivity contribution in [2.45, 2.75) is 33.2 Å². The van der Waals surface area contributed by atoms with Gasteiger partial charge in [-0.3, -0.25) is 0 Å². The molecule has 2 heteroatoms. The van der Waals surface area contributed by atoms with Gasteiger partial charge in [-0.25, -0.2) is 0 Å². The summed E-state index contributed by atoms with van der Waals surface area (Å²) in [5, 5.41) is 9.12. The van der Waals surface area contributed by atoms with Crippen molar-refractivity contribution in [1.82, 2.24) is 0 Å². The normalized spacial score (nSPS) is 14.0. The molecule has 1 rings (SSSR count). The Morgan fingerprint density at radius 1 is 1.21 bits per heavy atom. The maximum atomic E-state index is 9.12. The first-order valence-corrected chi connectivity index (χ1v) is 4.93. The highest BCUT2D eigenvalue weighted by molar-refractivity contribution is 5.26. The average molecular weight is 193 g/mol. The molecule has 1 atom stereocenters. The van der Waals surface area contributed by atoms with Crippen LogP contribution in [0, 0.1) is 5.41 Å². The van der Waals surface area contributed by atoms with Gasteiger partial charge in [-0.1, -0.05) is 32.9 Å². The van der Waals surface area contributed by atoms with Gasteiger partial charge >= 0.3 is 0 Å². The van der Waals surface area contributed by atoms with Crippen LogP contribution in [-0.2, 0) is 6.42 Å². The highest BCUT2D eigenvalue weighted by atomic mass is 16.3. The monoisotopic (exact) mass is 193 g/mol. The van der Waals surface area contributed by atoms with E-state index in [9.17, 15) is 0 Å². The number of phenols is 1. The summed E-state index contributed by atoms with van der Waals surface area (Å²) in [6.45, 7) is 6.41. The molecule has 2 nitrogen and oxygen atoms in total. The predicted molar refractivity (Wildman–Crippen MR) is 59.2 cm³/mol. The largest absolute Gasteiger partial charge is 0.508 e. The number of rotatable bonds is 2. The Bertz CT molecular complexity index is 284. The fraction of sp³-hybridized carbons (Fsp3) is 0.500. The maximum Gasteiger partial charge on any atom is 0.115 e. The zero-order valence-corrected chi connectivity index (χ0v) is 9.12. The first-order valence-electron chi connectivity index (χ1n) is 4.93. The third-order valence-electron chi connectivity index (χ3n) is 2.50. The Morgan fingerprint density at radius 2 is 1.71 bits per heavy atom. The van der Waals surface area contributed by atoms with Crippen LogP contribution in [-0.4, -0.2) is 11.1 Å². The van der Waals surface area contributed by atoms with E-state index < -0.39 is 0 Å². The number of hydrogen-bond acceptors (Lipinski definition) is 2. The standard InChI is InChI=1S/C12H19NO/c1-12(2,3)11(13)8-9-4-6-10(14)7-5-9/h4-7,11,14H,8,13H2,1-3H3/t11-/m1/s1. The average Bonchev–Trinajstić information content (AvgIpc) is 2.07. The molecule has 0 amide bonds. The lowest BCUT2D eigenvalue weighted by molar-refractivity contribution is 0.318.